The first-order valence-electron chi connectivity index (χ1n) is 8.96. The average Bonchev–Trinajstić information content (AvgIpc) is 2.95. The molecule has 1 unspecified atom stereocenters. The highest BCUT2D eigenvalue weighted by Crippen LogP contribution is 2.54. The number of nitrogens with two attached hydrogens (primary N) is 1. The number of terminal acetylenes is 1. The number of benzene rings is 1. The van der Waals surface area contributed by atoms with E-state index in [2.05, 4.69) is 12.5 Å². The number of hydrogen-bond donors (Lipinski definition) is 1. The number of carbonyl (C=O) groups is 3. The Morgan fingerprint density at radius 3 is 2.67 bits per heavy atom. The predicted molar refractivity (Wildman–Crippen MR) is 107 cm³/mol. The fourth-order valence-corrected chi connectivity index (χ4v) is 3.88. The van der Waals surface area contributed by atoms with Gasteiger partial charge in [0.2, 0.25) is 11.8 Å². The summed E-state index contributed by atoms with van der Waals surface area (Å²) in [4.78, 5) is 41.0. The molecule has 8 nitrogen and oxygen atoms in total. The Morgan fingerprint density at radius 1 is 1.33 bits per heavy atom. The van der Waals surface area contributed by atoms with E-state index in [1.165, 1.54) is 17.9 Å². The number of allylic oxidation sites excluding steroid dienone is 1. The van der Waals surface area contributed by atoms with Crippen molar-refractivity contribution in [3.63, 3.8) is 0 Å². The molecule has 2 aliphatic heterocycles. The predicted octanol–water partition coefficient (Wildman–Crippen LogP) is 1.28. The minimum atomic E-state index is -1.93. The second-order valence-corrected chi connectivity index (χ2v) is 6.51. The molecule has 0 saturated heterocycles. The minimum absolute atomic E-state index is 0.0277. The second kappa shape index (κ2) is 7.79. The SMILES string of the molecule is C#CCN1C(=O)C2(C(C(=O)OCC=C)=C(C)OC(N)=C2C(=O)OC)c2ccccc21. The van der Waals surface area contributed by atoms with Crippen LogP contribution < -0.4 is 10.6 Å². The van der Waals surface area contributed by atoms with Gasteiger partial charge >= 0.3 is 11.9 Å². The second-order valence-electron chi connectivity index (χ2n) is 6.51. The molecule has 0 fully saturated rings. The van der Waals surface area contributed by atoms with Crippen molar-refractivity contribution in [1.82, 2.24) is 0 Å². The maximum absolute atomic E-state index is 13.9. The van der Waals surface area contributed by atoms with Crippen molar-refractivity contribution in [2.75, 3.05) is 25.2 Å². The quantitative estimate of drug-likeness (QED) is 0.444. The number of carbonyl (C=O) groups excluding carboxylic acids is 3. The lowest BCUT2D eigenvalue weighted by Crippen LogP contribution is -2.50. The van der Waals surface area contributed by atoms with Gasteiger partial charge in [-0.25, -0.2) is 9.59 Å². The van der Waals surface area contributed by atoms with E-state index in [1.807, 2.05) is 0 Å². The van der Waals surface area contributed by atoms with Crippen LogP contribution in [0, 0.1) is 12.3 Å². The molecule has 2 N–H and O–H groups in total. The van der Waals surface area contributed by atoms with Gasteiger partial charge in [0.15, 0.2) is 0 Å². The van der Waals surface area contributed by atoms with Crippen LogP contribution in [0.15, 0.2) is 59.7 Å². The van der Waals surface area contributed by atoms with Crippen molar-refractivity contribution in [2.45, 2.75) is 12.3 Å². The number of para-hydroxylation sites is 1. The van der Waals surface area contributed by atoms with Crippen LogP contribution in [0.4, 0.5) is 5.69 Å². The van der Waals surface area contributed by atoms with Crippen molar-refractivity contribution in [3.05, 3.63) is 65.3 Å². The molecule has 1 spiro atoms. The van der Waals surface area contributed by atoms with Crippen molar-refractivity contribution in [1.29, 1.82) is 0 Å². The molecule has 1 amide bonds. The lowest BCUT2D eigenvalue weighted by molar-refractivity contribution is -0.142. The van der Waals surface area contributed by atoms with Gasteiger partial charge in [-0.2, -0.15) is 0 Å². The summed E-state index contributed by atoms with van der Waals surface area (Å²) in [6, 6.07) is 6.68. The van der Waals surface area contributed by atoms with Gasteiger partial charge in [-0.3, -0.25) is 9.69 Å². The molecule has 154 valence electrons. The molecule has 1 atom stereocenters. The van der Waals surface area contributed by atoms with Crippen molar-refractivity contribution in [2.24, 2.45) is 5.73 Å². The van der Waals surface area contributed by atoms with Gasteiger partial charge < -0.3 is 19.9 Å². The zero-order chi connectivity index (χ0) is 22.1. The summed E-state index contributed by atoms with van der Waals surface area (Å²) >= 11 is 0. The molecule has 0 saturated carbocycles. The van der Waals surface area contributed by atoms with Crippen LogP contribution in [0.25, 0.3) is 0 Å². The summed E-state index contributed by atoms with van der Waals surface area (Å²) < 4.78 is 15.6. The molecule has 2 aliphatic rings. The summed E-state index contributed by atoms with van der Waals surface area (Å²) in [5, 5.41) is 0. The van der Waals surface area contributed by atoms with Gasteiger partial charge in [-0.1, -0.05) is 36.8 Å². The summed E-state index contributed by atoms with van der Waals surface area (Å²) in [5.41, 5.74) is 4.43. The first kappa shape index (κ1) is 20.7. The molecule has 3 rings (SSSR count). The van der Waals surface area contributed by atoms with Crippen LogP contribution in [-0.4, -0.2) is 38.1 Å². The number of ether oxygens (including phenoxy) is 3. The van der Waals surface area contributed by atoms with E-state index >= 15 is 0 Å². The highest BCUT2D eigenvalue weighted by Gasteiger charge is 2.63. The highest BCUT2D eigenvalue weighted by atomic mass is 16.5. The monoisotopic (exact) mass is 408 g/mol. The molecule has 0 aliphatic carbocycles. The normalized spacial score (nSPS) is 19.9. The summed E-state index contributed by atoms with van der Waals surface area (Å²) in [5.74, 6) is -0.286. The third kappa shape index (κ3) is 2.75. The molecular formula is C22H20N2O6. The van der Waals surface area contributed by atoms with Crippen LogP contribution in [-0.2, 0) is 34.0 Å². The minimum Gasteiger partial charge on any atom is -0.465 e. The lowest BCUT2D eigenvalue weighted by atomic mass is 9.67. The Hall–Kier alpha value is -3.99. The number of rotatable bonds is 5. The smallest absolute Gasteiger partial charge is 0.340 e. The van der Waals surface area contributed by atoms with Crippen LogP contribution >= 0.6 is 0 Å². The van der Waals surface area contributed by atoms with E-state index in [0.29, 0.717) is 11.3 Å². The summed E-state index contributed by atoms with van der Waals surface area (Å²) in [7, 11) is 1.14. The highest BCUT2D eigenvalue weighted by molar-refractivity contribution is 6.22. The van der Waals surface area contributed by atoms with Gasteiger partial charge in [-0.15, -0.1) is 6.42 Å². The fraction of sp³-hybridized carbons (Fsp3) is 0.227. The summed E-state index contributed by atoms with van der Waals surface area (Å²) in [6.45, 7) is 4.79. The van der Waals surface area contributed by atoms with Crippen molar-refractivity contribution < 1.29 is 28.6 Å². The number of hydrogen-bond acceptors (Lipinski definition) is 7. The standard InChI is InChI=1S/C22H20N2O6/c1-5-11-24-15-10-8-7-9-14(15)22(21(24)27)16(20(26)29-12-6-2)13(3)30-18(23)17(22)19(25)28-4/h1,6-10H,2,11-12,23H2,3-4H3. The Labute approximate surface area is 173 Å². The zero-order valence-electron chi connectivity index (χ0n) is 16.6. The molecule has 0 radical (unpaired) electrons. The van der Waals surface area contributed by atoms with Crippen LogP contribution in [0.5, 0.6) is 0 Å². The molecule has 0 bridgehead atoms. The molecule has 8 heteroatoms. The maximum Gasteiger partial charge on any atom is 0.340 e. The number of nitrogens with zero attached hydrogens (tertiary/aromatic N) is 1. The van der Waals surface area contributed by atoms with E-state index in [4.69, 9.17) is 26.4 Å². The van der Waals surface area contributed by atoms with Gasteiger partial charge in [0.25, 0.3) is 0 Å². The largest absolute Gasteiger partial charge is 0.465 e. The molecule has 1 aromatic rings. The van der Waals surface area contributed by atoms with Crippen molar-refractivity contribution in [3.8, 4) is 12.3 Å². The third-order valence-electron chi connectivity index (χ3n) is 4.95. The molecule has 2 heterocycles. The number of fused-ring (bicyclic) bond motifs is 2. The van der Waals surface area contributed by atoms with E-state index in [-0.39, 0.29) is 35.9 Å². The van der Waals surface area contributed by atoms with Crippen LogP contribution in [0.3, 0.4) is 0 Å². The topological polar surface area (TPSA) is 108 Å². The van der Waals surface area contributed by atoms with E-state index < -0.39 is 23.3 Å². The number of anilines is 1. The number of esters is 2. The van der Waals surface area contributed by atoms with Gasteiger partial charge in [0, 0.05) is 11.3 Å². The first-order valence-corrected chi connectivity index (χ1v) is 8.96. The van der Waals surface area contributed by atoms with Gasteiger partial charge in [0.05, 0.1) is 13.7 Å². The summed E-state index contributed by atoms with van der Waals surface area (Å²) in [6.07, 6.45) is 6.85. The Morgan fingerprint density at radius 2 is 2.03 bits per heavy atom. The first-order chi connectivity index (χ1) is 14.4. The third-order valence-corrected chi connectivity index (χ3v) is 4.95. The van der Waals surface area contributed by atoms with E-state index in [1.54, 1.807) is 24.3 Å². The van der Waals surface area contributed by atoms with Crippen LogP contribution in [0.2, 0.25) is 0 Å². The molecular weight excluding hydrogens is 388 g/mol. The maximum atomic E-state index is 13.9. The molecule has 30 heavy (non-hydrogen) atoms. The lowest BCUT2D eigenvalue weighted by Gasteiger charge is -2.35. The Bertz CT molecular complexity index is 1060. The Balaban J connectivity index is 2.42. The number of amides is 1. The van der Waals surface area contributed by atoms with E-state index in [9.17, 15) is 14.4 Å². The average molecular weight is 408 g/mol. The fourth-order valence-electron chi connectivity index (χ4n) is 3.88. The Kier molecular flexibility index (Phi) is 5.39. The number of methoxy groups -OCH3 is 1. The van der Waals surface area contributed by atoms with Gasteiger partial charge in [0.1, 0.15) is 28.9 Å². The van der Waals surface area contributed by atoms with Crippen molar-refractivity contribution >= 4 is 23.5 Å². The van der Waals surface area contributed by atoms with E-state index in [0.717, 1.165) is 7.11 Å². The zero-order valence-corrected chi connectivity index (χ0v) is 16.6. The van der Waals surface area contributed by atoms with Gasteiger partial charge in [-0.05, 0) is 13.0 Å². The van der Waals surface area contributed by atoms with Crippen LogP contribution in [0.1, 0.15) is 12.5 Å². The molecule has 0 aromatic heterocycles. The molecule has 1 aromatic carbocycles.